The lowest BCUT2D eigenvalue weighted by Gasteiger charge is -2.04. The Hall–Kier alpha value is -0.300. The van der Waals surface area contributed by atoms with Crippen molar-refractivity contribution in [3.63, 3.8) is 0 Å². The molecule has 11 heavy (non-hydrogen) atoms. The Kier molecular flexibility index (Phi) is 2.72. The van der Waals surface area contributed by atoms with Gasteiger partial charge in [0.1, 0.15) is 0 Å². The van der Waals surface area contributed by atoms with Crippen molar-refractivity contribution in [3.8, 4) is 0 Å². The minimum absolute atomic E-state index is 0.203. The number of anilines is 1. The van der Waals surface area contributed by atoms with Crippen molar-refractivity contribution in [2.24, 2.45) is 5.14 Å². The molecule has 1 unspecified atom stereocenters. The van der Waals surface area contributed by atoms with Gasteiger partial charge in [-0.05, 0) is 15.9 Å². The molecule has 1 atom stereocenters. The van der Waals surface area contributed by atoms with E-state index in [9.17, 15) is 4.55 Å². The first-order valence-corrected chi connectivity index (χ1v) is 4.69. The van der Waals surface area contributed by atoms with Crippen molar-refractivity contribution in [2.45, 2.75) is 4.90 Å². The Morgan fingerprint density at radius 1 is 1.64 bits per heavy atom. The van der Waals surface area contributed by atoms with Crippen LogP contribution < -0.4 is 10.9 Å². The van der Waals surface area contributed by atoms with E-state index in [0.29, 0.717) is 9.37 Å². The van der Waals surface area contributed by atoms with Gasteiger partial charge in [0.2, 0.25) is 4.90 Å². The lowest BCUT2D eigenvalue weighted by atomic mass is 10.5. The van der Waals surface area contributed by atoms with Gasteiger partial charge in [-0.3, -0.25) is 0 Å². The van der Waals surface area contributed by atoms with Gasteiger partial charge in [-0.1, -0.05) is 0 Å². The molecule has 0 aromatic carbocycles. The standard InChI is InChI=1S/C5H6BrN3OS/c6-3-1-4(11(8)10)5(7)9-2-3/h1-2H,8H2,(H2,7,9). The number of pyridine rings is 1. The highest BCUT2D eigenvalue weighted by Gasteiger charge is 2.11. The van der Waals surface area contributed by atoms with E-state index in [-0.39, 0.29) is 5.82 Å². The number of aromatic nitrogens is 1. The predicted octanol–water partition coefficient (Wildman–Crippen LogP) is 0.408. The lowest BCUT2D eigenvalue weighted by molar-refractivity contribution is 0.596. The lowest BCUT2D eigenvalue weighted by Crippen LogP contribution is -2.15. The Morgan fingerprint density at radius 3 is 2.73 bits per heavy atom. The monoisotopic (exact) mass is 235 g/mol. The number of nitrogens with zero attached hydrogens (tertiary/aromatic N) is 1. The van der Waals surface area contributed by atoms with Gasteiger partial charge in [0.25, 0.3) is 0 Å². The van der Waals surface area contributed by atoms with E-state index in [4.69, 9.17) is 10.9 Å². The predicted molar refractivity (Wildman–Crippen MR) is 46.9 cm³/mol. The van der Waals surface area contributed by atoms with Crippen LogP contribution in [0.1, 0.15) is 0 Å². The first-order chi connectivity index (χ1) is 5.11. The molecule has 0 radical (unpaired) electrons. The molecule has 1 heterocycles. The molecule has 0 spiro atoms. The van der Waals surface area contributed by atoms with Crippen molar-refractivity contribution in [3.05, 3.63) is 16.7 Å². The van der Waals surface area contributed by atoms with E-state index in [0.717, 1.165) is 0 Å². The highest BCUT2D eigenvalue weighted by molar-refractivity contribution is 9.10. The van der Waals surface area contributed by atoms with Crippen molar-refractivity contribution < 1.29 is 4.55 Å². The summed E-state index contributed by atoms with van der Waals surface area (Å²) in [6.07, 6.45) is 1.52. The van der Waals surface area contributed by atoms with Crippen LogP contribution in [0.2, 0.25) is 0 Å². The van der Waals surface area contributed by atoms with Gasteiger partial charge in [0.15, 0.2) is 5.82 Å². The second kappa shape index (κ2) is 3.40. The van der Waals surface area contributed by atoms with Crippen LogP contribution in [-0.4, -0.2) is 9.54 Å². The van der Waals surface area contributed by atoms with Crippen LogP contribution in [0.4, 0.5) is 5.82 Å². The molecule has 0 saturated carbocycles. The third-order valence-corrected chi connectivity index (χ3v) is 2.26. The fourth-order valence-electron chi connectivity index (χ4n) is 0.592. The van der Waals surface area contributed by atoms with Gasteiger partial charge in [0.05, 0.1) is 11.4 Å². The number of hydrogen-bond donors (Lipinski definition) is 2. The summed E-state index contributed by atoms with van der Waals surface area (Å²) in [5, 5.41) is 5.11. The van der Waals surface area contributed by atoms with Crippen LogP contribution in [0.3, 0.4) is 0 Å². The van der Waals surface area contributed by atoms with Gasteiger partial charge < -0.3 is 10.3 Å². The maximum Gasteiger partial charge on any atom is 0.216 e. The van der Waals surface area contributed by atoms with Crippen molar-refractivity contribution in [1.29, 1.82) is 0 Å². The SMILES string of the molecule is Nc1ncc(Br)cc1[S+](N)[O-]. The molecule has 0 fully saturated rings. The van der Waals surface area contributed by atoms with Crippen molar-refractivity contribution >= 4 is 33.1 Å². The molecule has 1 aromatic heterocycles. The third kappa shape index (κ3) is 2.06. The highest BCUT2D eigenvalue weighted by Crippen LogP contribution is 2.18. The third-order valence-electron chi connectivity index (χ3n) is 1.07. The van der Waals surface area contributed by atoms with Crippen LogP contribution in [0.15, 0.2) is 21.6 Å². The second-order valence-corrected chi connectivity index (χ2v) is 3.78. The molecule has 0 amide bonds. The van der Waals surface area contributed by atoms with Crippen LogP contribution in [0.5, 0.6) is 0 Å². The van der Waals surface area contributed by atoms with Crippen molar-refractivity contribution in [2.75, 3.05) is 5.73 Å². The molecule has 0 bridgehead atoms. The van der Waals surface area contributed by atoms with E-state index in [1.165, 1.54) is 6.20 Å². The molecule has 1 aromatic rings. The van der Waals surface area contributed by atoms with Crippen LogP contribution in [-0.2, 0) is 11.4 Å². The molecule has 4 nitrogen and oxygen atoms in total. The Morgan fingerprint density at radius 2 is 2.27 bits per heavy atom. The van der Waals surface area contributed by atoms with E-state index in [2.05, 4.69) is 20.9 Å². The molecule has 4 N–H and O–H groups in total. The van der Waals surface area contributed by atoms with Gasteiger partial charge in [0, 0.05) is 16.7 Å². The topological polar surface area (TPSA) is 88.0 Å². The molecular weight excluding hydrogens is 230 g/mol. The van der Waals surface area contributed by atoms with E-state index < -0.39 is 11.4 Å². The molecule has 6 heteroatoms. The quantitative estimate of drug-likeness (QED) is 0.691. The normalized spacial score (nSPS) is 13.0. The number of nitrogens with two attached hydrogens (primary N) is 2. The Bertz CT molecular complexity index is 268. The molecule has 1 rings (SSSR count). The van der Waals surface area contributed by atoms with Gasteiger partial charge >= 0.3 is 0 Å². The maximum absolute atomic E-state index is 10.8. The zero-order chi connectivity index (χ0) is 8.43. The summed E-state index contributed by atoms with van der Waals surface area (Å²) >= 11 is 1.59. The molecule has 0 aliphatic rings. The van der Waals surface area contributed by atoms with Gasteiger partial charge in [-0.25, -0.2) is 4.98 Å². The number of halogens is 1. The summed E-state index contributed by atoms with van der Waals surface area (Å²) in [6, 6.07) is 1.58. The first kappa shape index (κ1) is 8.79. The first-order valence-electron chi connectivity index (χ1n) is 2.68. The van der Waals surface area contributed by atoms with Gasteiger partial charge in [-0.2, -0.15) is 0 Å². The summed E-state index contributed by atoms with van der Waals surface area (Å²) < 4.78 is 11.5. The van der Waals surface area contributed by atoms with E-state index >= 15 is 0 Å². The van der Waals surface area contributed by atoms with E-state index in [1.807, 2.05) is 0 Å². The zero-order valence-electron chi connectivity index (χ0n) is 5.45. The summed E-state index contributed by atoms with van der Waals surface area (Å²) in [5.74, 6) is 0.203. The molecule has 0 aliphatic carbocycles. The number of rotatable bonds is 1. The van der Waals surface area contributed by atoms with Crippen LogP contribution in [0, 0.1) is 0 Å². The maximum atomic E-state index is 10.8. The molecule has 0 saturated heterocycles. The average Bonchev–Trinajstić information content (AvgIpc) is 1.94. The smallest absolute Gasteiger partial charge is 0.216 e. The number of hydrogen-bond acceptors (Lipinski definition) is 4. The zero-order valence-corrected chi connectivity index (χ0v) is 7.85. The Labute approximate surface area is 75.4 Å². The molecular formula is C5H6BrN3OS. The van der Waals surface area contributed by atoms with E-state index in [1.54, 1.807) is 6.07 Å². The minimum Gasteiger partial charge on any atom is -0.593 e. The van der Waals surface area contributed by atoms with Crippen LogP contribution in [0.25, 0.3) is 0 Å². The Balaban J connectivity index is 3.13. The van der Waals surface area contributed by atoms with Crippen molar-refractivity contribution in [1.82, 2.24) is 4.98 Å². The summed E-state index contributed by atoms with van der Waals surface area (Å²) in [5.41, 5.74) is 5.39. The minimum atomic E-state index is -1.57. The second-order valence-electron chi connectivity index (χ2n) is 1.83. The summed E-state index contributed by atoms with van der Waals surface area (Å²) in [4.78, 5) is 4.10. The average molecular weight is 236 g/mol. The molecule has 0 aliphatic heterocycles. The number of nitrogen functional groups attached to an aromatic ring is 1. The summed E-state index contributed by atoms with van der Waals surface area (Å²) in [6.45, 7) is 0. The fourth-order valence-corrected chi connectivity index (χ4v) is 1.58. The van der Waals surface area contributed by atoms with Crippen LogP contribution >= 0.6 is 15.9 Å². The molecule has 60 valence electrons. The largest absolute Gasteiger partial charge is 0.593 e. The summed E-state index contributed by atoms with van der Waals surface area (Å²) in [7, 11) is 0. The fraction of sp³-hybridized carbons (Fsp3) is 0. The van der Waals surface area contributed by atoms with Gasteiger partial charge in [-0.15, -0.1) is 5.14 Å². The highest BCUT2D eigenvalue weighted by atomic mass is 79.9.